The number of rotatable bonds is 1. The lowest BCUT2D eigenvalue weighted by Crippen LogP contribution is -2.62. The quantitative estimate of drug-likeness (QED) is 0.756. The Hall–Kier alpha value is -0.0800. The van der Waals surface area contributed by atoms with Gasteiger partial charge in [0.1, 0.15) is 0 Å². The summed E-state index contributed by atoms with van der Waals surface area (Å²) in [6.45, 7) is 2.01. The highest BCUT2D eigenvalue weighted by Gasteiger charge is 2.46. The summed E-state index contributed by atoms with van der Waals surface area (Å²) in [4.78, 5) is 0. The molecule has 1 aliphatic heterocycles. The van der Waals surface area contributed by atoms with Crippen LogP contribution in [0.5, 0.6) is 0 Å². The van der Waals surface area contributed by atoms with Crippen LogP contribution in [0.25, 0.3) is 0 Å². The van der Waals surface area contributed by atoms with Gasteiger partial charge in [-0.1, -0.05) is 38.5 Å². The van der Waals surface area contributed by atoms with E-state index in [2.05, 4.69) is 5.32 Å². The van der Waals surface area contributed by atoms with Gasteiger partial charge in [0.25, 0.3) is 0 Å². The number of hydrogen-bond acceptors (Lipinski definition) is 2. The van der Waals surface area contributed by atoms with Gasteiger partial charge in [0.15, 0.2) is 0 Å². The molecular weight excluding hydrogens is 210 g/mol. The van der Waals surface area contributed by atoms with Crippen molar-refractivity contribution < 1.29 is 4.74 Å². The molecule has 1 heterocycles. The van der Waals surface area contributed by atoms with Crippen LogP contribution in [0.1, 0.15) is 64.2 Å². The molecule has 2 saturated carbocycles. The monoisotopic (exact) mass is 237 g/mol. The molecule has 0 amide bonds. The zero-order valence-corrected chi connectivity index (χ0v) is 11.0. The van der Waals surface area contributed by atoms with Gasteiger partial charge in [-0.2, -0.15) is 0 Å². The van der Waals surface area contributed by atoms with Crippen LogP contribution in [0.3, 0.4) is 0 Å². The van der Waals surface area contributed by atoms with Crippen molar-refractivity contribution >= 4 is 0 Å². The second-order valence-corrected chi connectivity index (χ2v) is 6.30. The molecule has 1 saturated heterocycles. The Balaban J connectivity index is 1.73. The molecule has 2 aliphatic carbocycles. The zero-order chi connectivity index (χ0) is 11.6. The zero-order valence-electron chi connectivity index (χ0n) is 11.0. The van der Waals surface area contributed by atoms with E-state index >= 15 is 0 Å². The van der Waals surface area contributed by atoms with E-state index in [1.165, 1.54) is 64.2 Å². The Morgan fingerprint density at radius 3 is 2.24 bits per heavy atom. The minimum absolute atomic E-state index is 0.212. The second kappa shape index (κ2) is 5.27. The van der Waals surface area contributed by atoms with Crippen LogP contribution in [-0.4, -0.2) is 24.8 Å². The summed E-state index contributed by atoms with van der Waals surface area (Å²) in [5.41, 5.74) is 0.212. The molecule has 1 atom stereocenters. The normalized spacial score (nSPS) is 34.9. The molecule has 1 N–H and O–H groups in total. The average Bonchev–Trinajstić information content (AvgIpc) is 2.24. The molecule has 0 aromatic rings. The SMILES string of the molecule is C1CCCC2(CCC1)OCCNC2C1CCC1. The number of hydrogen-bond donors (Lipinski definition) is 1. The van der Waals surface area contributed by atoms with Crippen molar-refractivity contribution in [2.75, 3.05) is 13.2 Å². The van der Waals surface area contributed by atoms with Crippen molar-refractivity contribution in [3.63, 3.8) is 0 Å². The Kier molecular flexibility index (Phi) is 3.72. The van der Waals surface area contributed by atoms with E-state index in [0.717, 1.165) is 19.1 Å². The first-order chi connectivity index (χ1) is 8.41. The Morgan fingerprint density at radius 2 is 1.59 bits per heavy atom. The van der Waals surface area contributed by atoms with Crippen molar-refractivity contribution in [1.82, 2.24) is 5.32 Å². The largest absolute Gasteiger partial charge is 0.372 e. The third-order valence-electron chi connectivity index (χ3n) is 5.24. The minimum atomic E-state index is 0.212. The lowest BCUT2D eigenvalue weighted by Gasteiger charge is -2.51. The highest BCUT2D eigenvalue weighted by Crippen LogP contribution is 2.42. The summed E-state index contributed by atoms with van der Waals surface area (Å²) in [7, 11) is 0. The van der Waals surface area contributed by atoms with Gasteiger partial charge in [0, 0.05) is 12.6 Å². The van der Waals surface area contributed by atoms with E-state index in [1.807, 2.05) is 0 Å². The lowest BCUT2D eigenvalue weighted by atomic mass is 9.68. The van der Waals surface area contributed by atoms with Gasteiger partial charge in [-0.15, -0.1) is 0 Å². The molecule has 0 radical (unpaired) electrons. The Bertz CT molecular complexity index is 241. The molecular formula is C15H27NO. The smallest absolute Gasteiger partial charge is 0.0838 e. The Labute approximate surface area is 105 Å². The van der Waals surface area contributed by atoms with Crippen LogP contribution in [0, 0.1) is 5.92 Å². The molecule has 3 rings (SSSR count). The van der Waals surface area contributed by atoms with Crippen LogP contribution < -0.4 is 5.32 Å². The Morgan fingerprint density at radius 1 is 0.882 bits per heavy atom. The summed E-state index contributed by atoms with van der Waals surface area (Å²) >= 11 is 0. The fraction of sp³-hybridized carbons (Fsp3) is 1.00. The number of morpholine rings is 1. The highest BCUT2D eigenvalue weighted by molar-refractivity contribution is 5.01. The van der Waals surface area contributed by atoms with E-state index < -0.39 is 0 Å². The predicted octanol–water partition coefficient (Wildman–Crippen LogP) is 3.26. The van der Waals surface area contributed by atoms with Gasteiger partial charge in [0.05, 0.1) is 12.2 Å². The third kappa shape index (κ3) is 2.39. The van der Waals surface area contributed by atoms with Gasteiger partial charge in [-0.25, -0.2) is 0 Å². The first-order valence-corrected chi connectivity index (χ1v) is 7.78. The summed E-state index contributed by atoms with van der Waals surface area (Å²) in [6.07, 6.45) is 14.0. The van der Waals surface area contributed by atoms with Crippen molar-refractivity contribution in [2.24, 2.45) is 5.92 Å². The maximum atomic E-state index is 6.35. The first kappa shape index (κ1) is 12.0. The summed E-state index contributed by atoms with van der Waals surface area (Å²) < 4.78 is 6.35. The number of ether oxygens (including phenoxy) is 1. The molecule has 3 aliphatic rings. The summed E-state index contributed by atoms with van der Waals surface area (Å²) in [5, 5.41) is 3.80. The maximum absolute atomic E-state index is 6.35. The fourth-order valence-corrected chi connectivity index (χ4v) is 4.07. The molecule has 1 unspecified atom stereocenters. The van der Waals surface area contributed by atoms with Crippen LogP contribution in [-0.2, 0) is 4.74 Å². The van der Waals surface area contributed by atoms with Crippen molar-refractivity contribution in [3.8, 4) is 0 Å². The van der Waals surface area contributed by atoms with E-state index in [4.69, 9.17) is 4.74 Å². The second-order valence-electron chi connectivity index (χ2n) is 6.30. The van der Waals surface area contributed by atoms with Gasteiger partial charge >= 0.3 is 0 Å². The standard InChI is InChI=1S/C15H27NO/c1-2-4-9-15(10-5-3-1)14(13-7-6-8-13)16-11-12-17-15/h13-14,16H,1-12H2. The summed E-state index contributed by atoms with van der Waals surface area (Å²) in [5.74, 6) is 0.912. The van der Waals surface area contributed by atoms with Crippen LogP contribution >= 0.6 is 0 Å². The highest BCUT2D eigenvalue weighted by atomic mass is 16.5. The van der Waals surface area contributed by atoms with E-state index in [9.17, 15) is 0 Å². The molecule has 17 heavy (non-hydrogen) atoms. The molecule has 3 fully saturated rings. The molecule has 2 nitrogen and oxygen atoms in total. The van der Waals surface area contributed by atoms with Crippen LogP contribution in [0.2, 0.25) is 0 Å². The van der Waals surface area contributed by atoms with E-state index in [0.29, 0.717) is 6.04 Å². The van der Waals surface area contributed by atoms with Gasteiger partial charge < -0.3 is 10.1 Å². The molecule has 1 spiro atoms. The van der Waals surface area contributed by atoms with Crippen molar-refractivity contribution in [2.45, 2.75) is 75.9 Å². The molecule has 0 bridgehead atoms. The fourth-order valence-electron chi connectivity index (χ4n) is 4.07. The van der Waals surface area contributed by atoms with Gasteiger partial charge in [0.2, 0.25) is 0 Å². The number of nitrogens with one attached hydrogen (secondary N) is 1. The topological polar surface area (TPSA) is 21.3 Å². The van der Waals surface area contributed by atoms with Crippen molar-refractivity contribution in [1.29, 1.82) is 0 Å². The van der Waals surface area contributed by atoms with Crippen LogP contribution in [0.15, 0.2) is 0 Å². The third-order valence-corrected chi connectivity index (χ3v) is 5.24. The minimum Gasteiger partial charge on any atom is -0.372 e. The lowest BCUT2D eigenvalue weighted by molar-refractivity contribution is -0.131. The molecule has 0 aromatic carbocycles. The van der Waals surface area contributed by atoms with Crippen LogP contribution in [0.4, 0.5) is 0 Å². The summed E-state index contributed by atoms with van der Waals surface area (Å²) in [6, 6.07) is 0.670. The van der Waals surface area contributed by atoms with Crippen molar-refractivity contribution in [3.05, 3.63) is 0 Å². The maximum Gasteiger partial charge on any atom is 0.0838 e. The van der Waals surface area contributed by atoms with E-state index in [-0.39, 0.29) is 5.60 Å². The molecule has 2 heteroatoms. The average molecular weight is 237 g/mol. The predicted molar refractivity (Wildman–Crippen MR) is 70.1 cm³/mol. The first-order valence-electron chi connectivity index (χ1n) is 7.78. The van der Waals surface area contributed by atoms with Gasteiger partial charge in [-0.3, -0.25) is 0 Å². The van der Waals surface area contributed by atoms with E-state index in [1.54, 1.807) is 0 Å². The molecule has 98 valence electrons. The molecule has 0 aromatic heterocycles. The van der Waals surface area contributed by atoms with Gasteiger partial charge in [-0.05, 0) is 31.6 Å².